The van der Waals surface area contributed by atoms with Gasteiger partial charge in [0, 0.05) is 30.6 Å². The summed E-state index contributed by atoms with van der Waals surface area (Å²) < 4.78 is 13.9. The van der Waals surface area contributed by atoms with E-state index in [1.165, 1.54) is 6.33 Å². The van der Waals surface area contributed by atoms with Crippen LogP contribution >= 0.6 is 11.6 Å². The van der Waals surface area contributed by atoms with Crippen molar-refractivity contribution >= 4 is 45.3 Å². The van der Waals surface area contributed by atoms with Crippen molar-refractivity contribution in [3.05, 3.63) is 63.2 Å². The summed E-state index contributed by atoms with van der Waals surface area (Å²) in [6, 6.07) is 5.63. The Morgan fingerprint density at radius 2 is 1.96 bits per heavy atom. The van der Waals surface area contributed by atoms with E-state index < -0.39 is 17.4 Å². The van der Waals surface area contributed by atoms with Crippen molar-refractivity contribution in [2.24, 2.45) is 0 Å². The Kier molecular flexibility index (Phi) is 7.38. The van der Waals surface area contributed by atoms with Crippen molar-refractivity contribution in [2.75, 3.05) is 31.1 Å². The minimum Gasteiger partial charge on any atom is -0.489 e. The second kappa shape index (κ2) is 11.2. The number of hydrogen-bond acceptors (Lipinski definition) is 9. The summed E-state index contributed by atoms with van der Waals surface area (Å²) in [5.74, 6) is 0.891. The molecule has 12 nitrogen and oxygen atoms in total. The second-order valence-corrected chi connectivity index (χ2v) is 13.9. The molecule has 1 saturated heterocycles. The molecular formula is C34H37ClN8O4. The average molecular weight is 657 g/mol. The van der Waals surface area contributed by atoms with E-state index in [0.29, 0.717) is 64.1 Å². The van der Waals surface area contributed by atoms with Gasteiger partial charge in [-0.1, -0.05) is 31.5 Å². The maximum atomic E-state index is 14.4. The third-order valence-corrected chi connectivity index (χ3v) is 9.17. The Labute approximate surface area is 276 Å². The summed E-state index contributed by atoms with van der Waals surface area (Å²) in [4.78, 5) is 44.9. The van der Waals surface area contributed by atoms with Crippen molar-refractivity contribution in [3.63, 3.8) is 0 Å². The maximum Gasteiger partial charge on any atom is 0.410 e. The van der Waals surface area contributed by atoms with Gasteiger partial charge in [0.05, 0.1) is 50.8 Å². The molecule has 0 spiro atoms. The molecule has 0 aliphatic carbocycles. The Bertz CT molecular complexity index is 2130. The molecule has 3 aromatic heterocycles. The van der Waals surface area contributed by atoms with E-state index in [4.69, 9.17) is 26.1 Å². The molecule has 244 valence electrons. The second-order valence-electron chi connectivity index (χ2n) is 13.5. The lowest BCUT2D eigenvalue weighted by atomic mass is 9.95. The van der Waals surface area contributed by atoms with Gasteiger partial charge in [-0.2, -0.15) is 10.1 Å². The molecular weight excluding hydrogens is 620 g/mol. The van der Waals surface area contributed by atoms with Crippen molar-refractivity contribution < 1.29 is 14.3 Å². The zero-order chi connectivity index (χ0) is 33.4. The van der Waals surface area contributed by atoms with E-state index in [1.54, 1.807) is 15.7 Å². The minimum atomic E-state index is -0.628. The van der Waals surface area contributed by atoms with Gasteiger partial charge in [-0.05, 0) is 63.8 Å². The third kappa shape index (κ3) is 5.15. The number of fused-ring (bicyclic) bond motifs is 3. The number of anilines is 1. The van der Waals surface area contributed by atoms with E-state index in [2.05, 4.69) is 25.1 Å². The van der Waals surface area contributed by atoms with Crippen LogP contribution in [0.1, 0.15) is 57.5 Å². The van der Waals surface area contributed by atoms with Gasteiger partial charge in [-0.15, -0.1) is 0 Å². The normalized spacial score (nSPS) is 16.4. The van der Waals surface area contributed by atoms with E-state index in [0.717, 1.165) is 27.7 Å². The number of piperazine rings is 1. The van der Waals surface area contributed by atoms with Crippen LogP contribution in [-0.4, -0.2) is 78.6 Å². The number of benzene rings is 2. The minimum absolute atomic E-state index is 0.00117. The summed E-state index contributed by atoms with van der Waals surface area (Å²) in [5, 5.41) is 9.24. The van der Waals surface area contributed by atoms with Gasteiger partial charge in [0.1, 0.15) is 24.4 Å². The zero-order valence-electron chi connectivity index (χ0n) is 27.5. The first-order chi connectivity index (χ1) is 22.3. The predicted molar refractivity (Wildman–Crippen MR) is 181 cm³/mol. The van der Waals surface area contributed by atoms with E-state index in [1.807, 2.05) is 66.7 Å². The van der Waals surface area contributed by atoms with E-state index >= 15 is 0 Å². The van der Waals surface area contributed by atoms with Gasteiger partial charge >= 0.3 is 11.8 Å². The number of aryl methyl sites for hydroxylation is 2. The number of carbonyl (C=O) groups excluding carboxylic acids is 1. The summed E-state index contributed by atoms with van der Waals surface area (Å²) in [6.45, 7) is 14.8. The molecule has 5 aromatic rings. The molecule has 1 fully saturated rings. The lowest BCUT2D eigenvalue weighted by molar-refractivity contribution is 0.0202. The fraction of sp³-hybridized carbons (Fsp3) is 0.412. The van der Waals surface area contributed by atoms with Crippen molar-refractivity contribution in [1.82, 2.24) is 34.6 Å². The van der Waals surface area contributed by atoms with Crippen LogP contribution in [0.25, 0.3) is 38.6 Å². The van der Waals surface area contributed by atoms with Crippen LogP contribution in [0.3, 0.4) is 0 Å². The number of ether oxygens (including phenoxy) is 2. The molecule has 13 heteroatoms. The highest BCUT2D eigenvalue weighted by Crippen LogP contribution is 2.48. The molecule has 1 N–H and O–H groups in total. The molecule has 1 amide bonds. The first-order valence-corrected chi connectivity index (χ1v) is 16.1. The first-order valence-electron chi connectivity index (χ1n) is 15.8. The standard InChI is InChI=1S/C34H37ClN8O4/c1-17(2)28-29(19(4)36-16-37-28)43-24-12-21(25-18(3)8-9-23-22(25)13-38-40-23)27(35)30-26(24)31(39-32(43)44)42-11-10-41(14-20(42)15-46-30)33(45)47-34(5,6)7/h8-9,12-13,16-17,20H,10-11,14-15H2,1-7H3,(H,38,40)/t20-/m0/s1. The number of amides is 1. The van der Waals surface area contributed by atoms with Gasteiger partial charge in [-0.25, -0.2) is 19.6 Å². The van der Waals surface area contributed by atoms with Gasteiger partial charge < -0.3 is 19.3 Å². The van der Waals surface area contributed by atoms with Crippen LogP contribution < -0.4 is 15.3 Å². The van der Waals surface area contributed by atoms with Gasteiger partial charge in [-0.3, -0.25) is 9.67 Å². The SMILES string of the molecule is Cc1ccc2[nH]ncc2c1-c1cc2c3c(nc(=O)n2-c2c(C)ncnc2C(C)C)N2CCN(C(=O)OC(C)(C)C)C[C@H]2COc3c1Cl. The van der Waals surface area contributed by atoms with Gasteiger partial charge in [0.25, 0.3) is 0 Å². The number of hydrogen-bond donors (Lipinski definition) is 1. The lowest BCUT2D eigenvalue weighted by Crippen LogP contribution is -2.57. The number of halogens is 1. The molecule has 5 heterocycles. The number of nitrogens with one attached hydrogen (secondary N) is 1. The van der Waals surface area contributed by atoms with Crippen molar-refractivity contribution in [3.8, 4) is 22.6 Å². The average Bonchev–Trinajstić information content (AvgIpc) is 3.42. The summed E-state index contributed by atoms with van der Waals surface area (Å²) in [5.41, 5.74) is 4.84. The van der Waals surface area contributed by atoms with Gasteiger partial charge in [0.2, 0.25) is 0 Å². The highest BCUT2D eigenvalue weighted by atomic mass is 35.5. The Morgan fingerprint density at radius 3 is 2.70 bits per heavy atom. The van der Waals surface area contributed by atoms with Crippen molar-refractivity contribution in [1.29, 1.82) is 0 Å². The zero-order valence-corrected chi connectivity index (χ0v) is 28.3. The highest BCUT2D eigenvalue weighted by molar-refractivity contribution is 6.37. The van der Waals surface area contributed by atoms with Crippen LogP contribution in [0.15, 0.2) is 35.5 Å². The maximum absolute atomic E-state index is 14.4. The predicted octanol–water partition coefficient (Wildman–Crippen LogP) is 5.93. The lowest BCUT2D eigenvalue weighted by Gasteiger charge is -2.41. The van der Waals surface area contributed by atoms with Crippen LogP contribution in [0.5, 0.6) is 5.75 Å². The Balaban J connectivity index is 1.50. The highest BCUT2D eigenvalue weighted by Gasteiger charge is 2.38. The number of rotatable bonds is 3. The van der Waals surface area contributed by atoms with Crippen LogP contribution in [0, 0.1) is 13.8 Å². The molecule has 2 aromatic carbocycles. The largest absolute Gasteiger partial charge is 0.489 e. The third-order valence-electron chi connectivity index (χ3n) is 8.79. The molecule has 0 bridgehead atoms. The summed E-state index contributed by atoms with van der Waals surface area (Å²) in [6.07, 6.45) is 2.91. The number of carbonyl (C=O) groups is 1. The molecule has 47 heavy (non-hydrogen) atoms. The van der Waals surface area contributed by atoms with Crippen LogP contribution in [-0.2, 0) is 4.74 Å². The number of aromatic nitrogens is 6. The van der Waals surface area contributed by atoms with E-state index in [9.17, 15) is 9.59 Å². The summed E-state index contributed by atoms with van der Waals surface area (Å²) >= 11 is 7.34. The molecule has 2 aliphatic rings. The summed E-state index contributed by atoms with van der Waals surface area (Å²) in [7, 11) is 0. The number of nitrogens with zero attached hydrogens (tertiary/aromatic N) is 7. The van der Waals surface area contributed by atoms with E-state index in [-0.39, 0.29) is 18.6 Å². The topological polar surface area (TPSA) is 131 Å². The quantitative estimate of drug-likeness (QED) is 0.251. The molecule has 1 atom stereocenters. The molecule has 0 unspecified atom stereocenters. The molecule has 2 aliphatic heterocycles. The molecule has 0 saturated carbocycles. The Hall–Kier alpha value is -4.71. The van der Waals surface area contributed by atoms with Crippen LogP contribution in [0.2, 0.25) is 5.02 Å². The Morgan fingerprint density at radius 1 is 1.17 bits per heavy atom. The first kappa shape index (κ1) is 30.9. The fourth-order valence-electron chi connectivity index (χ4n) is 6.67. The molecule has 7 rings (SSSR count). The number of aromatic amines is 1. The monoisotopic (exact) mass is 656 g/mol. The molecule has 0 radical (unpaired) electrons. The number of H-pyrrole nitrogens is 1. The smallest absolute Gasteiger partial charge is 0.410 e. The van der Waals surface area contributed by atoms with Crippen LogP contribution in [0.4, 0.5) is 10.6 Å². The van der Waals surface area contributed by atoms with Gasteiger partial charge in [0.15, 0.2) is 5.75 Å². The van der Waals surface area contributed by atoms with Crippen molar-refractivity contribution in [2.45, 2.75) is 66.0 Å². The fourth-order valence-corrected chi connectivity index (χ4v) is 6.97.